The van der Waals surface area contributed by atoms with E-state index in [0.717, 1.165) is 10.5 Å². The number of esters is 1. The summed E-state index contributed by atoms with van der Waals surface area (Å²) in [5.41, 5.74) is 7.39. The van der Waals surface area contributed by atoms with Crippen molar-refractivity contribution in [2.24, 2.45) is 5.73 Å². The number of carboxylic acids is 1. The highest BCUT2D eigenvalue weighted by atomic mass is 19.2. The third-order valence-electron chi connectivity index (χ3n) is 8.47. The molecule has 0 bridgehead atoms. The SMILES string of the molecule is CCOC(=O)C(CCc1ccccc1)N[C@@H](Cc1ccc(O)cc1)C(=O)N1C[C@@H](NC(=O)C[C@H](N)Cc2cc(F)c(F)cc2F)C[C@H]1C(=O)O. The maximum atomic E-state index is 14.2. The Balaban J connectivity index is 1.49. The number of likely N-dealkylation sites (tertiary alicyclic amines) is 1. The first kappa shape index (κ1) is 37.9. The molecule has 1 heterocycles. The molecule has 6 N–H and O–H groups in total. The number of carbonyl (C=O) groups is 4. The van der Waals surface area contributed by atoms with Crippen molar-refractivity contribution in [3.63, 3.8) is 0 Å². The molecular formula is C36H41F3N4O7. The summed E-state index contributed by atoms with van der Waals surface area (Å²) in [5.74, 6) is -6.70. The second-order valence-electron chi connectivity index (χ2n) is 12.3. The molecule has 4 rings (SSSR count). The number of phenolic OH excluding ortho intramolecular Hbond substituents is 1. The standard InChI is InChI=1S/C36H41F3N4O7/c1-2-50-36(49)30(13-10-21-6-4-3-5-7-21)42-31(14-22-8-11-26(44)12-9-22)34(46)43-20-25(18-32(43)35(47)48)41-33(45)17-24(40)15-23-16-28(38)29(39)19-27(23)37/h3-9,11-12,16,19,24-25,30-32,42,44H,2,10,13-15,17-18,20,40H2,1H3,(H,41,45)(H,47,48)/t24-,25+,30?,31+,32+/m1/s1. The molecule has 1 aliphatic heterocycles. The minimum Gasteiger partial charge on any atom is -0.508 e. The summed E-state index contributed by atoms with van der Waals surface area (Å²) >= 11 is 0. The van der Waals surface area contributed by atoms with E-state index >= 15 is 0 Å². The van der Waals surface area contributed by atoms with Crippen LogP contribution >= 0.6 is 0 Å². The highest BCUT2D eigenvalue weighted by Gasteiger charge is 2.43. The number of nitrogens with one attached hydrogen (secondary N) is 2. The highest BCUT2D eigenvalue weighted by molar-refractivity contribution is 5.89. The van der Waals surface area contributed by atoms with Gasteiger partial charge in [-0.3, -0.25) is 19.7 Å². The molecule has 3 aromatic rings. The number of nitrogens with two attached hydrogens (primary N) is 1. The van der Waals surface area contributed by atoms with Crippen LogP contribution in [0.3, 0.4) is 0 Å². The van der Waals surface area contributed by atoms with E-state index in [1.807, 2.05) is 30.3 Å². The number of aromatic hydroxyl groups is 1. The van der Waals surface area contributed by atoms with Gasteiger partial charge in [-0.15, -0.1) is 0 Å². The Hall–Kier alpha value is -4.95. The lowest BCUT2D eigenvalue weighted by Crippen LogP contribution is -2.55. The van der Waals surface area contributed by atoms with E-state index in [2.05, 4.69) is 10.6 Å². The van der Waals surface area contributed by atoms with Gasteiger partial charge >= 0.3 is 11.9 Å². The Bertz CT molecular complexity index is 1640. The third-order valence-corrected chi connectivity index (χ3v) is 8.47. The summed E-state index contributed by atoms with van der Waals surface area (Å²) in [7, 11) is 0. The number of carbonyl (C=O) groups excluding carboxylic acids is 3. The first-order valence-corrected chi connectivity index (χ1v) is 16.3. The molecule has 1 unspecified atom stereocenters. The van der Waals surface area contributed by atoms with Crippen molar-refractivity contribution >= 4 is 23.8 Å². The Morgan fingerprint density at radius 2 is 1.62 bits per heavy atom. The number of ether oxygens (including phenoxy) is 1. The largest absolute Gasteiger partial charge is 0.508 e. The molecule has 14 heteroatoms. The number of aliphatic carboxylic acids is 1. The zero-order valence-electron chi connectivity index (χ0n) is 27.5. The fourth-order valence-electron chi connectivity index (χ4n) is 6.01. The lowest BCUT2D eigenvalue weighted by atomic mass is 10.0. The molecule has 0 aromatic heterocycles. The van der Waals surface area contributed by atoms with Crippen molar-refractivity contribution in [2.45, 2.75) is 75.7 Å². The van der Waals surface area contributed by atoms with Crippen LogP contribution in [0.2, 0.25) is 0 Å². The summed E-state index contributed by atoms with van der Waals surface area (Å²) in [6.07, 6.45) is 0.0703. The third kappa shape index (κ3) is 10.5. The zero-order chi connectivity index (χ0) is 36.4. The van der Waals surface area contributed by atoms with Gasteiger partial charge in [-0.1, -0.05) is 42.5 Å². The van der Waals surface area contributed by atoms with Crippen molar-refractivity contribution in [1.29, 1.82) is 0 Å². The van der Waals surface area contributed by atoms with Gasteiger partial charge in [0, 0.05) is 37.5 Å². The second-order valence-corrected chi connectivity index (χ2v) is 12.3. The molecule has 0 aliphatic carbocycles. The van der Waals surface area contributed by atoms with Crippen molar-refractivity contribution in [2.75, 3.05) is 13.2 Å². The van der Waals surface area contributed by atoms with Gasteiger partial charge in [-0.25, -0.2) is 18.0 Å². The van der Waals surface area contributed by atoms with E-state index in [1.165, 1.54) is 12.1 Å². The molecule has 3 aromatic carbocycles. The molecule has 11 nitrogen and oxygen atoms in total. The van der Waals surface area contributed by atoms with Crippen LogP contribution < -0.4 is 16.4 Å². The number of hydrogen-bond acceptors (Lipinski definition) is 8. The maximum Gasteiger partial charge on any atom is 0.326 e. The Morgan fingerprint density at radius 1 is 0.940 bits per heavy atom. The van der Waals surface area contributed by atoms with Crippen LogP contribution in [0.5, 0.6) is 5.75 Å². The number of nitrogens with zero attached hydrogens (tertiary/aromatic N) is 1. The van der Waals surface area contributed by atoms with E-state index in [9.17, 15) is 42.6 Å². The predicted octanol–water partition coefficient (Wildman–Crippen LogP) is 3.01. The summed E-state index contributed by atoms with van der Waals surface area (Å²) in [4.78, 5) is 53.7. The second kappa shape index (κ2) is 17.6. The summed E-state index contributed by atoms with van der Waals surface area (Å²) in [5, 5.41) is 25.7. The molecule has 0 saturated carbocycles. The van der Waals surface area contributed by atoms with E-state index in [0.29, 0.717) is 24.1 Å². The van der Waals surface area contributed by atoms with Gasteiger partial charge < -0.3 is 30.9 Å². The number of aryl methyl sites for hydroxylation is 1. The molecular weight excluding hydrogens is 657 g/mol. The van der Waals surface area contributed by atoms with Gasteiger partial charge in [0.15, 0.2) is 11.6 Å². The van der Waals surface area contributed by atoms with E-state index < -0.39 is 71.4 Å². The Kier molecular flexibility index (Phi) is 13.3. The van der Waals surface area contributed by atoms with Crippen LogP contribution in [0, 0.1) is 17.5 Å². The number of hydrogen-bond donors (Lipinski definition) is 5. The number of halogens is 3. The van der Waals surface area contributed by atoms with Crippen LogP contribution in [-0.4, -0.2) is 82.2 Å². The average molecular weight is 699 g/mol. The Morgan fingerprint density at radius 3 is 2.28 bits per heavy atom. The van der Waals surface area contributed by atoms with Crippen molar-refractivity contribution in [3.8, 4) is 5.75 Å². The van der Waals surface area contributed by atoms with Gasteiger partial charge in [0.1, 0.15) is 23.7 Å². The molecule has 1 fully saturated rings. The van der Waals surface area contributed by atoms with Gasteiger partial charge in [0.25, 0.3) is 0 Å². The molecule has 5 atom stereocenters. The van der Waals surface area contributed by atoms with Crippen LogP contribution in [0.4, 0.5) is 13.2 Å². The van der Waals surface area contributed by atoms with Crippen LogP contribution in [0.1, 0.15) is 42.9 Å². The van der Waals surface area contributed by atoms with Gasteiger partial charge in [0.05, 0.1) is 12.6 Å². The molecule has 50 heavy (non-hydrogen) atoms. The van der Waals surface area contributed by atoms with Crippen molar-refractivity contribution in [1.82, 2.24) is 15.5 Å². The number of benzene rings is 3. The van der Waals surface area contributed by atoms with Gasteiger partial charge in [-0.05, 0) is 67.5 Å². The van der Waals surface area contributed by atoms with Gasteiger partial charge in [0.2, 0.25) is 11.8 Å². The smallest absolute Gasteiger partial charge is 0.326 e. The first-order chi connectivity index (χ1) is 23.8. The van der Waals surface area contributed by atoms with E-state index in [4.69, 9.17) is 10.5 Å². The van der Waals surface area contributed by atoms with Gasteiger partial charge in [-0.2, -0.15) is 0 Å². The van der Waals surface area contributed by atoms with Crippen molar-refractivity contribution < 1.29 is 47.3 Å². The molecule has 1 saturated heterocycles. The normalized spacial score (nSPS) is 17.5. The molecule has 0 spiro atoms. The minimum absolute atomic E-state index is 0.00981. The number of amides is 2. The minimum atomic E-state index is -1.35. The molecule has 1 aliphatic rings. The monoisotopic (exact) mass is 698 g/mol. The molecule has 268 valence electrons. The summed E-state index contributed by atoms with van der Waals surface area (Å²) < 4.78 is 46.3. The topological polar surface area (TPSA) is 171 Å². The van der Waals surface area contributed by atoms with E-state index in [-0.39, 0.29) is 56.6 Å². The van der Waals surface area contributed by atoms with Crippen LogP contribution in [0.25, 0.3) is 0 Å². The molecule has 2 amide bonds. The quantitative estimate of drug-likeness (QED) is 0.111. The number of carboxylic acid groups (broad SMARTS) is 1. The number of rotatable bonds is 16. The van der Waals surface area contributed by atoms with Crippen molar-refractivity contribution in [3.05, 3.63) is 101 Å². The predicted molar refractivity (Wildman–Crippen MR) is 176 cm³/mol. The zero-order valence-corrected chi connectivity index (χ0v) is 27.5. The van der Waals surface area contributed by atoms with Crippen LogP contribution in [-0.2, 0) is 43.2 Å². The molecule has 0 radical (unpaired) electrons. The lowest BCUT2D eigenvalue weighted by molar-refractivity contribution is -0.150. The lowest BCUT2D eigenvalue weighted by Gasteiger charge is -2.30. The number of phenols is 1. The fraction of sp³-hybridized carbons (Fsp3) is 0.389. The van der Waals surface area contributed by atoms with E-state index in [1.54, 1.807) is 19.1 Å². The summed E-state index contributed by atoms with van der Waals surface area (Å²) in [6.45, 7) is 1.60. The van der Waals surface area contributed by atoms with Crippen LogP contribution in [0.15, 0.2) is 66.7 Å². The fourth-order valence-corrected chi connectivity index (χ4v) is 6.01. The summed E-state index contributed by atoms with van der Waals surface area (Å²) in [6, 6.07) is 11.5. The highest BCUT2D eigenvalue weighted by Crippen LogP contribution is 2.23. The average Bonchev–Trinajstić information content (AvgIpc) is 3.50. The maximum absolute atomic E-state index is 14.2. The Labute approximate surface area is 287 Å². The first-order valence-electron chi connectivity index (χ1n) is 16.3.